The summed E-state index contributed by atoms with van der Waals surface area (Å²) in [4.78, 5) is 12.2. The Morgan fingerprint density at radius 1 is 1.26 bits per heavy atom. The van der Waals surface area contributed by atoms with Crippen LogP contribution in [0.25, 0.3) is 0 Å². The van der Waals surface area contributed by atoms with Gasteiger partial charge in [-0.3, -0.25) is 4.79 Å². The minimum absolute atomic E-state index is 0.0699. The predicted octanol–water partition coefficient (Wildman–Crippen LogP) is 3.36. The average Bonchev–Trinajstić information content (AvgIpc) is 2.81. The Bertz CT molecular complexity index is 545. The van der Waals surface area contributed by atoms with Gasteiger partial charge in [0.25, 0.3) is 5.91 Å². The van der Waals surface area contributed by atoms with Gasteiger partial charge in [0, 0.05) is 11.6 Å². The standard InChI is InChI=1S/C15H15BrFNO/c16-10-6-9(3-4-11(10)17)15(19)18-14-12-7-1-2-8(5-7)13(12)14/h3-4,6-8,12-14H,1-2,5H2,(H,18,19). The van der Waals surface area contributed by atoms with Crippen molar-refractivity contribution < 1.29 is 9.18 Å². The second-order valence-electron chi connectivity index (χ2n) is 6.12. The van der Waals surface area contributed by atoms with Gasteiger partial charge in [-0.2, -0.15) is 0 Å². The molecule has 2 bridgehead atoms. The smallest absolute Gasteiger partial charge is 0.251 e. The third-order valence-corrected chi connectivity index (χ3v) is 5.82. The van der Waals surface area contributed by atoms with Gasteiger partial charge in [0.1, 0.15) is 5.82 Å². The fraction of sp³-hybridized carbons (Fsp3) is 0.533. The molecule has 3 fully saturated rings. The van der Waals surface area contributed by atoms with Crippen LogP contribution in [-0.2, 0) is 0 Å². The lowest BCUT2D eigenvalue weighted by Crippen LogP contribution is -2.29. The first kappa shape index (κ1) is 11.9. The van der Waals surface area contributed by atoms with E-state index in [1.807, 2.05) is 0 Å². The van der Waals surface area contributed by atoms with Crippen LogP contribution >= 0.6 is 15.9 Å². The number of carbonyl (C=O) groups is 1. The molecule has 1 N–H and O–H groups in total. The van der Waals surface area contributed by atoms with Crippen LogP contribution in [0.1, 0.15) is 29.6 Å². The van der Waals surface area contributed by atoms with Crippen molar-refractivity contribution in [3.8, 4) is 0 Å². The Kier molecular flexibility index (Phi) is 2.53. The zero-order valence-corrected chi connectivity index (χ0v) is 12.0. The normalized spacial score (nSPS) is 38.1. The molecule has 1 aromatic rings. The van der Waals surface area contributed by atoms with E-state index in [0.29, 0.717) is 16.1 Å². The highest BCUT2D eigenvalue weighted by Crippen LogP contribution is 2.65. The summed E-state index contributed by atoms with van der Waals surface area (Å²) in [5, 5.41) is 3.14. The van der Waals surface area contributed by atoms with Gasteiger partial charge in [-0.05, 0) is 77.1 Å². The number of amides is 1. The maximum Gasteiger partial charge on any atom is 0.251 e. The highest BCUT2D eigenvalue weighted by atomic mass is 79.9. The van der Waals surface area contributed by atoms with Crippen molar-refractivity contribution in [2.75, 3.05) is 0 Å². The molecule has 4 atom stereocenters. The van der Waals surface area contributed by atoms with Gasteiger partial charge in [-0.15, -0.1) is 0 Å². The Morgan fingerprint density at radius 3 is 2.58 bits per heavy atom. The molecule has 100 valence electrons. The van der Waals surface area contributed by atoms with Crippen molar-refractivity contribution in [3.05, 3.63) is 34.1 Å². The van der Waals surface area contributed by atoms with E-state index in [9.17, 15) is 9.18 Å². The molecule has 0 radical (unpaired) electrons. The summed E-state index contributed by atoms with van der Waals surface area (Å²) in [6, 6.07) is 4.80. The molecule has 3 saturated carbocycles. The van der Waals surface area contributed by atoms with E-state index < -0.39 is 0 Å². The summed E-state index contributed by atoms with van der Waals surface area (Å²) >= 11 is 3.12. The molecular weight excluding hydrogens is 309 g/mol. The molecule has 3 aliphatic rings. The fourth-order valence-corrected chi connectivity index (χ4v) is 4.77. The van der Waals surface area contributed by atoms with Crippen LogP contribution in [0.5, 0.6) is 0 Å². The first-order valence-electron chi connectivity index (χ1n) is 6.91. The van der Waals surface area contributed by atoms with Crippen LogP contribution in [0, 0.1) is 29.5 Å². The van der Waals surface area contributed by atoms with Crippen LogP contribution < -0.4 is 5.32 Å². The molecule has 0 saturated heterocycles. The van der Waals surface area contributed by atoms with E-state index in [-0.39, 0.29) is 11.7 Å². The first-order valence-corrected chi connectivity index (χ1v) is 7.70. The number of hydrogen-bond acceptors (Lipinski definition) is 1. The number of nitrogens with one attached hydrogen (secondary N) is 1. The van der Waals surface area contributed by atoms with E-state index in [1.54, 1.807) is 12.1 Å². The molecule has 19 heavy (non-hydrogen) atoms. The third kappa shape index (κ3) is 1.76. The quantitative estimate of drug-likeness (QED) is 0.888. The Balaban J connectivity index is 1.46. The minimum Gasteiger partial charge on any atom is -0.349 e. The summed E-state index contributed by atoms with van der Waals surface area (Å²) in [5.74, 6) is 2.75. The molecule has 4 heteroatoms. The highest BCUT2D eigenvalue weighted by Gasteiger charge is 2.65. The summed E-state index contributed by atoms with van der Waals surface area (Å²) in [7, 11) is 0. The number of hydrogen-bond donors (Lipinski definition) is 1. The minimum atomic E-state index is -0.335. The summed E-state index contributed by atoms with van der Waals surface area (Å²) in [6.45, 7) is 0. The van der Waals surface area contributed by atoms with Gasteiger partial charge in [-0.25, -0.2) is 4.39 Å². The summed E-state index contributed by atoms with van der Waals surface area (Å²) in [6.07, 6.45) is 4.07. The lowest BCUT2D eigenvalue weighted by molar-refractivity contribution is 0.0944. The number of benzene rings is 1. The van der Waals surface area contributed by atoms with Crippen molar-refractivity contribution >= 4 is 21.8 Å². The van der Waals surface area contributed by atoms with E-state index in [4.69, 9.17) is 0 Å². The maximum atomic E-state index is 13.2. The largest absolute Gasteiger partial charge is 0.349 e. The van der Waals surface area contributed by atoms with E-state index in [0.717, 1.165) is 23.7 Å². The summed E-state index contributed by atoms with van der Waals surface area (Å²) in [5.41, 5.74) is 0.533. The van der Waals surface area contributed by atoms with Crippen LogP contribution in [0.2, 0.25) is 0 Å². The van der Waals surface area contributed by atoms with Gasteiger partial charge >= 0.3 is 0 Å². The molecule has 0 heterocycles. The van der Waals surface area contributed by atoms with Crippen molar-refractivity contribution in [2.24, 2.45) is 23.7 Å². The number of rotatable bonds is 2. The fourth-order valence-electron chi connectivity index (χ4n) is 4.39. The van der Waals surface area contributed by atoms with Crippen molar-refractivity contribution in [1.82, 2.24) is 5.32 Å². The van der Waals surface area contributed by atoms with Gasteiger partial charge in [0.05, 0.1) is 4.47 Å². The molecule has 2 nitrogen and oxygen atoms in total. The lowest BCUT2D eigenvalue weighted by atomic mass is 10.0. The lowest BCUT2D eigenvalue weighted by Gasteiger charge is -2.11. The molecule has 4 rings (SSSR count). The monoisotopic (exact) mass is 323 g/mol. The Morgan fingerprint density at radius 2 is 1.95 bits per heavy atom. The molecule has 0 aromatic heterocycles. The Hall–Kier alpha value is -0.900. The van der Waals surface area contributed by atoms with Crippen molar-refractivity contribution in [3.63, 3.8) is 0 Å². The van der Waals surface area contributed by atoms with Gasteiger partial charge in [0.15, 0.2) is 0 Å². The second kappa shape index (κ2) is 4.05. The number of halogens is 2. The van der Waals surface area contributed by atoms with E-state index >= 15 is 0 Å². The van der Waals surface area contributed by atoms with Crippen LogP contribution in [0.15, 0.2) is 22.7 Å². The molecule has 4 unspecified atom stereocenters. The Labute approximate surface area is 119 Å². The van der Waals surface area contributed by atoms with Crippen molar-refractivity contribution in [1.29, 1.82) is 0 Å². The molecule has 0 aliphatic heterocycles. The molecule has 3 aliphatic carbocycles. The number of carbonyl (C=O) groups excluding carboxylic acids is 1. The molecular formula is C15H15BrFNO. The topological polar surface area (TPSA) is 29.1 Å². The predicted molar refractivity (Wildman–Crippen MR) is 73.2 cm³/mol. The highest BCUT2D eigenvalue weighted by molar-refractivity contribution is 9.10. The van der Waals surface area contributed by atoms with Crippen LogP contribution in [0.4, 0.5) is 4.39 Å². The van der Waals surface area contributed by atoms with Crippen molar-refractivity contribution in [2.45, 2.75) is 25.3 Å². The molecule has 0 spiro atoms. The molecule has 1 aromatic carbocycles. The summed E-state index contributed by atoms with van der Waals surface area (Å²) < 4.78 is 13.5. The maximum absolute atomic E-state index is 13.2. The van der Waals surface area contributed by atoms with E-state index in [1.165, 1.54) is 25.3 Å². The third-order valence-electron chi connectivity index (χ3n) is 5.21. The van der Waals surface area contributed by atoms with Gasteiger partial charge < -0.3 is 5.32 Å². The second-order valence-corrected chi connectivity index (χ2v) is 6.97. The molecule has 1 amide bonds. The average molecular weight is 324 g/mol. The van der Waals surface area contributed by atoms with Crippen LogP contribution in [0.3, 0.4) is 0 Å². The zero-order valence-electron chi connectivity index (χ0n) is 10.4. The SMILES string of the molecule is O=C(NC1C2C3CCC(C3)C12)c1ccc(F)c(Br)c1. The van der Waals surface area contributed by atoms with Gasteiger partial charge in [0.2, 0.25) is 0 Å². The van der Waals surface area contributed by atoms with Gasteiger partial charge in [-0.1, -0.05) is 0 Å². The zero-order chi connectivity index (χ0) is 13.1. The van der Waals surface area contributed by atoms with E-state index in [2.05, 4.69) is 21.2 Å². The van der Waals surface area contributed by atoms with Crippen LogP contribution in [-0.4, -0.2) is 11.9 Å². The number of fused-ring (bicyclic) bond motifs is 5. The first-order chi connectivity index (χ1) is 9.15.